The summed E-state index contributed by atoms with van der Waals surface area (Å²) in [5.74, 6) is -1.51. The third kappa shape index (κ3) is 6.80. The van der Waals surface area contributed by atoms with E-state index in [0.29, 0.717) is 0 Å². The van der Waals surface area contributed by atoms with E-state index >= 15 is 0 Å². The smallest absolute Gasteiger partial charge is 0.311 e. The number of rotatable bonds is 5. The highest BCUT2D eigenvalue weighted by molar-refractivity contribution is 5.76. The fourth-order valence-corrected chi connectivity index (χ4v) is 0.488. The van der Waals surface area contributed by atoms with E-state index in [1.807, 2.05) is 6.92 Å². The van der Waals surface area contributed by atoms with Gasteiger partial charge < -0.3 is 9.84 Å². The van der Waals surface area contributed by atoms with Crippen LogP contribution in [0, 0.1) is 0 Å². The second-order valence-electron chi connectivity index (χ2n) is 2.16. The minimum Gasteiger partial charge on any atom is -0.481 e. The molecule has 0 aliphatic heterocycles. The zero-order chi connectivity index (χ0) is 9.40. The van der Waals surface area contributed by atoms with E-state index in [0.717, 1.165) is 6.42 Å². The predicted molar refractivity (Wildman–Crippen MR) is 42.4 cm³/mol. The van der Waals surface area contributed by atoms with Crippen LogP contribution >= 0.6 is 0 Å². The van der Waals surface area contributed by atoms with Crippen molar-refractivity contribution in [3.63, 3.8) is 0 Å². The van der Waals surface area contributed by atoms with Gasteiger partial charge in [0, 0.05) is 0 Å². The van der Waals surface area contributed by atoms with Gasteiger partial charge in [0.05, 0.1) is 19.1 Å². The average molecular weight is 172 g/mol. The maximum atomic E-state index is 10.7. The number of hydrogen-bond acceptors (Lipinski definition) is 3. The Morgan fingerprint density at radius 3 is 2.58 bits per heavy atom. The zero-order valence-electron chi connectivity index (χ0n) is 6.95. The highest BCUT2D eigenvalue weighted by atomic mass is 16.5. The van der Waals surface area contributed by atoms with Gasteiger partial charge in [-0.05, 0) is 12.5 Å². The maximum absolute atomic E-state index is 10.7. The molecule has 0 aromatic heterocycles. The summed E-state index contributed by atoms with van der Waals surface area (Å²) in [7, 11) is 0. The number of esters is 1. The molecule has 0 aromatic rings. The molecule has 0 heterocycles. The van der Waals surface area contributed by atoms with Crippen LogP contribution in [0.15, 0.2) is 12.3 Å². The fourth-order valence-electron chi connectivity index (χ4n) is 0.488. The zero-order valence-corrected chi connectivity index (χ0v) is 6.95. The summed E-state index contributed by atoms with van der Waals surface area (Å²) < 4.78 is 4.55. The molecule has 0 rings (SSSR count). The van der Waals surface area contributed by atoms with Gasteiger partial charge in [0.25, 0.3) is 0 Å². The van der Waals surface area contributed by atoms with Crippen LogP contribution in [0.2, 0.25) is 0 Å². The Labute approximate surface area is 70.8 Å². The van der Waals surface area contributed by atoms with Gasteiger partial charge in [0.2, 0.25) is 0 Å². The molecule has 0 spiro atoms. The molecule has 4 nitrogen and oxygen atoms in total. The molecule has 0 radical (unpaired) electrons. The van der Waals surface area contributed by atoms with Crippen LogP contribution in [-0.4, -0.2) is 17.0 Å². The van der Waals surface area contributed by atoms with Crippen LogP contribution in [0.1, 0.15) is 26.2 Å². The maximum Gasteiger partial charge on any atom is 0.311 e. The van der Waals surface area contributed by atoms with Crippen LogP contribution in [0.4, 0.5) is 0 Å². The summed E-state index contributed by atoms with van der Waals surface area (Å²) in [5, 5.41) is 8.21. The van der Waals surface area contributed by atoms with Crippen molar-refractivity contribution in [3.8, 4) is 0 Å². The van der Waals surface area contributed by atoms with Gasteiger partial charge in [-0.25, -0.2) is 0 Å². The highest BCUT2D eigenvalue weighted by Crippen LogP contribution is 1.93. The number of ether oxygens (including phenoxy) is 1. The quantitative estimate of drug-likeness (QED) is 0.501. The van der Waals surface area contributed by atoms with Crippen LogP contribution in [0.5, 0.6) is 0 Å². The Bertz CT molecular complexity index is 183. The lowest BCUT2D eigenvalue weighted by molar-refractivity contribution is -0.144. The molecule has 0 aliphatic carbocycles. The van der Waals surface area contributed by atoms with Crippen LogP contribution in [0.25, 0.3) is 0 Å². The molecule has 0 aromatic carbocycles. The van der Waals surface area contributed by atoms with Gasteiger partial charge in [-0.1, -0.05) is 6.92 Å². The summed E-state index contributed by atoms with van der Waals surface area (Å²) in [6.45, 7) is 1.90. The Balaban J connectivity index is 3.46. The van der Waals surface area contributed by atoms with E-state index in [1.165, 1.54) is 6.26 Å². The molecule has 0 atom stereocenters. The molecule has 0 unspecified atom stereocenters. The Morgan fingerprint density at radius 1 is 1.42 bits per heavy atom. The molecule has 4 heteroatoms. The molecule has 0 fully saturated rings. The predicted octanol–water partition coefficient (Wildman–Crippen LogP) is 1.32. The molecule has 0 saturated heterocycles. The Kier molecular flexibility index (Phi) is 5.69. The molecular formula is C8H12O4. The van der Waals surface area contributed by atoms with Gasteiger partial charge in [-0.2, -0.15) is 0 Å². The number of aliphatic carboxylic acids is 1. The van der Waals surface area contributed by atoms with Crippen molar-refractivity contribution in [2.24, 2.45) is 0 Å². The molecular weight excluding hydrogens is 160 g/mol. The van der Waals surface area contributed by atoms with Crippen molar-refractivity contribution in [2.45, 2.75) is 26.2 Å². The Hall–Kier alpha value is -1.32. The second-order valence-corrected chi connectivity index (χ2v) is 2.16. The first-order chi connectivity index (χ1) is 5.66. The van der Waals surface area contributed by atoms with Gasteiger partial charge in [0.15, 0.2) is 0 Å². The molecule has 0 saturated carbocycles. The topological polar surface area (TPSA) is 63.6 Å². The minimum atomic E-state index is -0.994. The third-order valence-corrected chi connectivity index (χ3v) is 1.07. The summed E-state index contributed by atoms with van der Waals surface area (Å²) in [6, 6.07) is 0. The van der Waals surface area contributed by atoms with Crippen molar-refractivity contribution in [2.75, 3.05) is 0 Å². The van der Waals surface area contributed by atoms with E-state index in [4.69, 9.17) is 5.11 Å². The number of hydrogen-bond donors (Lipinski definition) is 1. The lowest BCUT2D eigenvalue weighted by Gasteiger charge is -1.95. The largest absolute Gasteiger partial charge is 0.481 e. The SMILES string of the molecule is CCC=COC(=O)CCC(=O)O. The molecule has 68 valence electrons. The molecule has 0 bridgehead atoms. The first-order valence-corrected chi connectivity index (χ1v) is 3.73. The number of carbonyl (C=O) groups is 2. The van der Waals surface area contributed by atoms with E-state index in [1.54, 1.807) is 6.08 Å². The summed E-state index contributed by atoms with van der Waals surface area (Å²) in [5.41, 5.74) is 0. The first kappa shape index (κ1) is 10.7. The normalized spacial score (nSPS) is 10.1. The minimum absolute atomic E-state index is 0.0800. The summed E-state index contributed by atoms with van der Waals surface area (Å²) in [6.07, 6.45) is 3.48. The molecule has 0 amide bonds. The van der Waals surface area contributed by atoms with E-state index in [2.05, 4.69) is 4.74 Å². The number of carbonyl (C=O) groups excluding carboxylic acids is 1. The lowest BCUT2D eigenvalue weighted by Crippen LogP contribution is -2.03. The van der Waals surface area contributed by atoms with Gasteiger partial charge >= 0.3 is 11.9 Å². The monoisotopic (exact) mass is 172 g/mol. The van der Waals surface area contributed by atoms with Crippen molar-refractivity contribution in [3.05, 3.63) is 12.3 Å². The highest BCUT2D eigenvalue weighted by Gasteiger charge is 2.04. The van der Waals surface area contributed by atoms with Gasteiger partial charge in [-0.3, -0.25) is 9.59 Å². The van der Waals surface area contributed by atoms with Gasteiger partial charge in [-0.15, -0.1) is 0 Å². The Morgan fingerprint density at radius 2 is 2.08 bits per heavy atom. The van der Waals surface area contributed by atoms with Crippen molar-refractivity contribution in [1.29, 1.82) is 0 Å². The molecule has 0 aliphatic rings. The molecule has 12 heavy (non-hydrogen) atoms. The second kappa shape index (κ2) is 6.39. The van der Waals surface area contributed by atoms with Gasteiger partial charge in [0.1, 0.15) is 0 Å². The fraction of sp³-hybridized carbons (Fsp3) is 0.500. The van der Waals surface area contributed by atoms with Crippen LogP contribution < -0.4 is 0 Å². The lowest BCUT2D eigenvalue weighted by atomic mass is 10.3. The van der Waals surface area contributed by atoms with E-state index < -0.39 is 11.9 Å². The summed E-state index contributed by atoms with van der Waals surface area (Å²) in [4.78, 5) is 20.7. The van der Waals surface area contributed by atoms with Crippen LogP contribution in [0.3, 0.4) is 0 Å². The van der Waals surface area contributed by atoms with Crippen molar-refractivity contribution < 1.29 is 19.4 Å². The first-order valence-electron chi connectivity index (χ1n) is 3.73. The van der Waals surface area contributed by atoms with Crippen molar-refractivity contribution >= 4 is 11.9 Å². The number of allylic oxidation sites excluding steroid dienone is 1. The van der Waals surface area contributed by atoms with Crippen LogP contribution in [-0.2, 0) is 14.3 Å². The average Bonchev–Trinajstić information content (AvgIpc) is 2.01. The van der Waals surface area contributed by atoms with Crippen molar-refractivity contribution in [1.82, 2.24) is 0 Å². The van der Waals surface area contributed by atoms with E-state index in [-0.39, 0.29) is 12.8 Å². The number of carboxylic acids is 1. The third-order valence-electron chi connectivity index (χ3n) is 1.07. The summed E-state index contributed by atoms with van der Waals surface area (Å²) >= 11 is 0. The number of carboxylic acid groups (broad SMARTS) is 1. The standard InChI is InChI=1S/C8H12O4/c1-2-3-6-12-8(11)5-4-7(9)10/h3,6H,2,4-5H2,1H3,(H,9,10). The van der Waals surface area contributed by atoms with E-state index in [9.17, 15) is 9.59 Å². The molecule has 1 N–H and O–H groups in total.